The molecule has 3 aromatic rings. The Morgan fingerprint density at radius 3 is 2.88 bits per heavy atom. The van der Waals surface area contributed by atoms with Crippen molar-refractivity contribution >= 4 is 39.3 Å². The van der Waals surface area contributed by atoms with Crippen molar-refractivity contribution < 1.29 is 24.2 Å². The number of amides is 2. The molecule has 12 nitrogen and oxygen atoms in total. The molecule has 0 spiro atoms. The SMILES string of the molecule is Cn1nccc1-c1nc(O[C@@H]2C[C@H]3C(=O)N[C@]4(C(=O)O)C[C@H]4/C=C\CCCCC[C@H](N)C(=O)N3C2)c2sccc2n1. The van der Waals surface area contributed by atoms with Crippen LogP contribution in [0.1, 0.15) is 44.9 Å². The van der Waals surface area contributed by atoms with Crippen LogP contribution in [0.4, 0.5) is 0 Å². The summed E-state index contributed by atoms with van der Waals surface area (Å²) in [7, 11) is 1.80. The molecule has 6 rings (SSSR count). The van der Waals surface area contributed by atoms with Crippen molar-refractivity contribution in [1.82, 2.24) is 30.0 Å². The number of hydrogen-bond donors (Lipinski definition) is 3. The quantitative estimate of drug-likeness (QED) is 0.393. The van der Waals surface area contributed by atoms with Gasteiger partial charge in [-0.2, -0.15) is 10.1 Å². The molecule has 0 unspecified atom stereocenters. The van der Waals surface area contributed by atoms with Crippen molar-refractivity contribution in [3.8, 4) is 17.4 Å². The summed E-state index contributed by atoms with van der Waals surface area (Å²) in [5.74, 6) is -1.39. The Hall–Kier alpha value is -3.84. The van der Waals surface area contributed by atoms with Gasteiger partial charge >= 0.3 is 5.97 Å². The van der Waals surface area contributed by atoms with Gasteiger partial charge in [-0.05, 0) is 43.2 Å². The lowest BCUT2D eigenvalue weighted by Crippen LogP contribution is -2.55. The predicted octanol–water partition coefficient (Wildman–Crippen LogP) is 2.25. The average Bonchev–Trinajstić information content (AvgIpc) is 3.34. The molecular weight excluding hydrogens is 546 g/mol. The smallest absolute Gasteiger partial charge is 0.330 e. The Morgan fingerprint density at radius 1 is 1.24 bits per heavy atom. The van der Waals surface area contributed by atoms with Crippen LogP contribution in [-0.4, -0.2) is 77.8 Å². The number of nitrogens with zero attached hydrogens (tertiary/aromatic N) is 5. The van der Waals surface area contributed by atoms with Crippen molar-refractivity contribution in [1.29, 1.82) is 0 Å². The highest BCUT2D eigenvalue weighted by atomic mass is 32.1. The number of carbonyl (C=O) groups excluding carboxylic acids is 2. The molecule has 0 aromatic carbocycles. The van der Waals surface area contributed by atoms with Crippen LogP contribution in [0, 0.1) is 5.92 Å². The summed E-state index contributed by atoms with van der Waals surface area (Å²) >= 11 is 1.44. The minimum absolute atomic E-state index is 0.131. The molecule has 5 heterocycles. The molecule has 216 valence electrons. The lowest BCUT2D eigenvalue weighted by Gasteiger charge is -2.27. The van der Waals surface area contributed by atoms with Crippen LogP contribution in [-0.2, 0) is 21.4 Å². The van der Waals surface area contributed by atoms with Gasteiger partial charge in [-0.15, -0.1) is 11.3 Å². The van der Waals surface area contributed by atoms with Crippen molar-refractivity contribution in [2.24, 2.45) is 18.7 Å². The number of aromatic nitrogens is 4. The summed E-state index contributed by atoms with van der Waals surface area (Å²) in [6.45, 7) is 0.131. The largest absolute Gasteiger partial charge is 0.479 e. The fourth-order valence-corrected chi connectivity index (χ4v) is 6.59. The molecule has 1 saturated heterocycles. The van der Waals surface area contributed by atoms with E-state index in [2.05, 4.69) is 20.4 Å². The van der Waals surface area contributed by atoms with E-state index in [4.69, 9.17) is 10.5 Å². The van der Waals surface area contributed by atoms with Gasteiger partial charge in [0, 0.05) is 25.6 Å². The van der Waals surface area contributed by atoms with Gasteiger partial charge in [0.25, 0.3) is 0 Å². The van der Waals surface area contributed by atoms with Crippen LogP contribution in [0.3, 0.4) is 0 Å². The van der Waals surface area contributed by atoms with Gasteiger partial charge in [0.2, 0.25) is 17.7 Å². The number of nitrogens with one attached hydrogen (secondary N) is 1. The Balaban J connectivity index is 1.29. The molecule has 0 radical (unpaired) electrons. The number of thiophene rings is 1. The highest BCUT2D eigenvalue weighted by Gasteiger charge is 2.61. The number of aliphatic carboxylic acids is 1. The van der Waals surface area contributed by atoms with Gasteiger partial charge < -0.3 is 25.8 Å². The number of hydrogen-bond acceptors (Lipinski definition) is 9. The van der Waals surface area contributed by atoms with E-state index in [1.807, 2.05) is 29.7 Å². The molecule has 1 aliphatic carbocycles. The third-order valence-electron chi connectivity index (χ3n) is 8.26. The van der Waals surface area contributed by atoms with Crippen LogP contribution in [0.15, 0.2) is 35.9 Å². The first kappa shape index (κ1) is 27.3. The van der Waals surface area contributed by atoms with E-state index in [-0.39, 0.29) is 24.8 Å². The molecule has 13 heteroatoms. The van der Waals surface area contributed by atoms with E-state index in [1.54, 1.807) is 17.9 Å². The summed E-state index contributed by atoms with van der Waals surface area (Å²) in [6.07, 6.45) is 9.45. The van der Waals surface area contributed by atoms with Crippen molar-refractivity contribution in [3.05, 3.63) is 35.9 Å². The van der Waals surface area contributed by atoms with Crippen molar-refractivity contribution in [2.75, 3.05) is 6.54 Å². The Morgan fingerprint density at radius 2 is 2.10 bits per heavy atom. The molecule has 5 atom stereocenters. The molecule has 1 saturated carbocycles. The summed E-state index contributed by atoms with van der Waals surface area (Å²) in [5, 5.41) is 18.9. The Bertz CT molecular complexity index is 1520. The van der Waals surface area contributed by atoms with Gasteiger partial charge in [0.05, 0.1) is 18.1 Å². The van der Waals surface area contributed by atoms with Gasteiger partial charge in [0.1, 0.15) is 28.1 Å². The first-order valence-electron chi connectivity index (χ1n) is 14.0. The van der Waals surface area contributed by atoms with Crippen LogP contribution in [0.2, 0.25) is 0 Å². The average molecular weight is 580 g/mol. The number of carboxylic acids is 1. The van der Waals surface area contributed by atoms with E-state index in [9.17, 15) is 19.5 Å². The summed E-state index contributed by atoms with van der Waals surface area (Å²) in [5.41, 5.74) is 6.39. The maximum Gasteiger partial charge on any atom is 0.330 e. The van der Waals surface area contributed by atoms with Crippen molar-refractivity contribution in [2.45, 2.75) is 68.7 Å². The molecular formula is C28H33N7O5S. The lowest BCUT2D eigenvalue weighted by atomic mass is 10.1. The monoisotopic (exact) mass is 579 g/mol. The second kappa shape index (κ2) is 10.9. The van der Waals surface area contributed by atoms with Crippen molar-refractivity contribution in [3.63, 3.8) is 0 Å². The normalized spacial score (nSPS) is 29.7. The number of rotatable bonds is 4. The number of aryl methyl sites for hydroxylation is 1. The first-order valence-corrected chi connectivity index (χ1v) is 14.8. The topological polar surface area (TPSA) is 166 Å². The van der Waals surface area contributed by atoms with Gasteiger partial charge in [-0.25, -0.2) is 9.78 Å². The van der Waals surface area contributed by atoms with E-state index in [1.165, 1.54) is 16.2 Å². The zero-order valence-corrected chi connectivity index (χ0v) is 23.5. The Kier molecular flexibility index (Phi) is 7.24. The van der Waals surface area contributed by atoms with Crippen LogP contribution >= 0.6 is 11.3 Å². The maximum absolute atomic E-state index is 13.6. The number of allylic oxidation sites excluding steroid dienone is 1. The van der Waals surface area contributed by atoms with Gasteiger partial charge in [0.15, 0.2) is 5.82 Å². The third-order valence-corrected chi connectivity index (χ3v) is 9.15. The number of nitrogens with two attached hydrogens (primary N) is 1. The predicted molar refractivity (Wildman–Crippen MR) is 151 cm³/mol. The van der Waals surface area contributed by atoms with Crippen LogP contribution in [0.25, 0.3) is 21.7 Å². The van der Waals surface area contributed by atoms with E-state index in [0.717, 1.165) is 41.6 Å². The highest BCUT2D eigenvalue weighted by Crippen LogP contribution is 2.45. The van der Waals surface area contributed by atoms with Crippen LogP contribution < -0.4 is 15.8 Å². The number of carbonyl (C=O) groups is 3. The second-order valence-corrected chi connectivity index (χ2v) is 12.0. The zero-order valence-electron chi connectivity index (χ0n) is 22.7. The summed E-state index contributed by atoms with van der Waals surface area (Å²) in [6, 6.07) is 2.02. The lowest BCUT2D eigenvalue weighted by molar-refractivity contribution is -0.145. The van der Waals surface area contributed by atoms with E-state index in [0.29, 0.717) is 24.5 Å². The van der Waals surface area contributed by atoms with Crippen LogP contribution in [0.5, 0.6) is 5.88 Å². The standard InChI is InChI=1S/C28H33N7O5S/c1-34-20(9-11-30-34)23-31-19-10-12-41-22(19)25(32-23)40-17-13-21-24(36)33-28(27(38)39)14-16(28)7-5-3-2-4-6-8-18(29)26(37)35(21)15-17/h5,7,9-12,16-18,21H,2-4,6,8,13-15,29H2,1H3,(H,33,36)(H,38,39)/b7-5-/t16-,17-,18+,21+,28-/m1/s1. The van der Waals surface area contributed by atoms with Gasteiger partial charge in [-0.3, -0.25) is 14.3 Å². The minimum Gasteiger partial charge on any atom is -0.479 e. The molecule has 2 aliphatic heterocycles. The minimum atomic E-state index is -1.36. The second-order valence-electron chi connectivity index (χ2n) is 11.1. The number of fused-ring (bicyclic) bond motifs is 3. The Labute approximate surface area is 240 Å². The molecule has 3 aliphatic rings. The molecule has 3 aromatic heterocycles. The molecule has 41 heavy (non-hydrogen) atoms. The van der Waals surface area contributed by atoms with Gasteiger partial charge in [-0.1, -0.05) is 25.0 Å². The molecule has 2 fully saturated rings. The number of carboxylic acid groups (broad SMARTS) is 1. The zero-order chi connectivity index (χ0) is 28.7. The first-order chi connectivity index (χ1) is 19.8. The maximum atomic E-state index is 13.6. The summed E-state index contributed by atoms with van der Waals surface area (Å²) < 4.78 is 8.82. The highest BCUT2D eigenvalue weighted by molar-refractivity contribution is 7.17. The van der Waals surface area contributed by atoms with E-state index < -0.39 is 35.6 Å². The summed E-state index contributed by atoms with van der Waals surface area (Å²) in [4.78, 5) is 50.2. The molecule has 4 N–H and O–H groups in total. The van der Waals surface area contributed by atoms with E-state index >= 15 is 0 Å². The fraction of sp³-hybridized carbons (Fsp3) is 0.500. The number of ether oxygens (including phenoxy) is 1. The molecule has 2 amide bonds. The third kappa shape index (κ3) is 5.19. The fourth-order valence-electron chi connectivity index (χ4n) is 5.82. The molecule has 0 bridgehead atoms.